The van der Waals surface area contributed by atoms with Crippen molar-refractivity contribution in [2.45, 2.75) is 58.8 Å². The number of Topliss-reactive ketones (excluding diaryl/α,β-unsaturated/α-hetero) is 2. The van der Waals surface area contributed by atoms with Crippen molar-refractivity contribution in [3.63, 3.8) is 0 Å². The molecular weight excluding hydrogens is 300 g/mol. The third-order valence-corrected chi connectivity index (χ3v) is 5.65. The lowest BCUT2D eigenvalue weighted by atomic mass is 9.70. The molecule has 1 aromatic carbocycles. The average molecular weight is 326 g/mol. The first-order chi connectivity index (χ1) is 11.5. The van der Waals surface area contributed by atoms with Crippen LogP contribution in [0.2, 0.25) is 0 Å². The minimum Gasteiger partial charge on any atom is -0.496 e. The van der Waals surface area contributed by atoms with Crippen LogP contribution in [0.5, 0.6) is 5.75 Å². The van der Waals surface area contributed by atoms with E-state index >= 15 is 0 Å². The molecule has 128 valence electrons. The summed E-state index contributed by atoms with van der Waals surface area (Å²) in [5.74, 6) is 1.15. The summed E-state index contributed by atoms with van der Waals surface area (Å²) in [5, 5.41) is 0. The van der Waals surface area contributed by atoms with Gasteiger partial charge >= 0.3 is 0 Å². The molecule has 0 unspecified atom stereocenters. The molecule has 2 aliphatic carbocycles. The molecule has 0 atom stereocenters. The molecule has 1 saturated carbocycles. The second-order valence-corrected chi connectivity index (χ2v) is 7.30. The van der Waals surface area contributed by atoms with Gasteiger partial charge in [-0.15, -0.1) is 0 Å². The van der Waals surface area contributed by atoms with Crippen molar-refractivity contribution in [2.24, 2.45) is 5.41 Å². The van der Waals surface area contributed by atoms with Gasteiger partial charge < -0.3 is 4.74 Å². The zero-order chi connectivity index (χ0) is 17.3. The first-order valence-corrected chi connectivity index (χ1v) is 8.89. The predicted octanol–water partition coefficient (Wildman–Crippen LogP) is 4.44. The lowest BCUT2D eigenvalue weighted by molar-refractivity contribution is -0.142. The van der Waals surface area contributed by atoms with E-state index in [2.05, 4.69) is 25.1 Å². The molecule has 0 saturated heterocycles. The molecule has 0 bridgehead atoms. The fraction of sp³-hybridized carbons (Fsp3) is 0.524. The summed E-state index contributed by atoms with van der Waals surface area (Å²) in [6, 6.07) is 4.32. The molecule has 2 aliphatic rings. The Hall–Kier alpha value is -1.90. The van der Waals surface area contributed by atoms with Gasteiger partial charge in [0.25, 0.3) is 0 Å². The van der Waals surface area contributed by atoms with E-state index in [9.17, 15) is 9.59 Å². The van der Waals surface area contributed by atoms with Crippen LogP contribution in [0.3, 0.4) is 0 Å². The predicted molar refractivity (Wildman–Crippen MR) is 95.2 cm³/mol. The number of aryl methyl sites for hydroxylation is 2. The van der Waals surface area contributed by atoms with Crippen LogP contribution in [0.25, 0.3) is 5.57 Å². The number of methoxy groups -OCH3 is 1. The zero-order valence-corrected chi connectivity index (χ0v) is 14.9. The van der Waals surface area contributed by atoms with Gasteiger partial charge in [-0.1, -0.05) is 6.08 Å². The number of carbonyl (C=O) groups excluding carboxylic acids is 2. The number of carbonyl (C=O) groups is 2. The van der Waals surface area contributed by atoms with Gasteiger partial charge in [0, 0.05) is 12.8 Å². The second-order valence-electron chi connectivity index (χ2n) is 7.30. The van der Waals surface area contributed by atoms with E-state index in [0.29, 0.717) is 25.7 Å². The van der Waals surface area contributed by atoms with Crippen LogP contribution < -0.4 is 4.74 Å². The summed E-state index contributed by atoms with van der Waals surface area (Å²) in [7, 11) is 1.70. The van der Waals surface area contributed by atoms with Crippen molar-refractivity contribution in [1.82, 2.24) is 0 Å². The first kappa shape index (κ1) is 16.9. The molecule has 0 heterocycles. The third kappa shape index (κ3) is 2.92. The lowest BCUT2D eigenvalue weighted by Crippen LogP contribution is -2.39. The van der Waals surface area contributed by atoms with Crippen molar-refractivity contribution < 1.29 is 14.3 Å². The summed E-state index contributed by atoms with van der Waals surface area (Å²) in [6.07, 6.45) is 7.64. The average Bonchev–Trinajstić information content (AvgIpc) is 2.57. The van der Waals surface area contributed by atoms with Crippen LogP contribution in [-0.2, 0) is 16.0 Å². The lowest BCUT2D eigenvalue weighted by Gasteiger charge is -2.30. The molecule has 0 aromatic heterocycles. The summed E-state index contributed by atoms with van der Waals surface area (Å²) >= 11 is 0. The molecule has 3 rings (SSSR count). The monoisotopic (exact) mass is 326 g/mol. The van der Waals surface area contributed by atoms with Crippen molar-refractivity contribution >= 4 is 17.1 Å². The molecule has 1 aromatic rings. The maximum absolute atomic E-state index is 12.3. The van der Waals surface area contributed by atoms with E-state index in [1.807, 2.05) is 6.92 Å². The molecule has 0 radical (unpaired) electrons. The van der Waals surface area contributed by atoms with E-state index in [1.54, 1.807) is 7.11 Å². The number of allylic oxidation sites excluding steroid dienone is 2. The highest BCUT2D eigenvalue weighted by atomic mass is 16.5. The number of hydrogen-bond acceptors (Lipinski definition) is 3. The molecule has 1 fully saturated rings. The second kappa shape index (κ2) is 6.54. The van der Waals surface area contributed by atoms with Gasteiger partial charge in [-0.25, -0.2) is 0 Å². The van der Waals surface area contributed by atoms with Crippen LogP contribution in [-0.4, -0.2) is 18.7 Å². The zero-order valence-electron chi connectivity index (χ0n) is 14.9. The summed E-state index contributed by atoms with van der Waals surface area (Å²) in [4.78, 5) is 24.6. The highest BCUT2D eigenvalue weighted by molar-refractivity contribution is 6.08. The molecule has 0 N–H and O–H groups in total. The maximum Gasteiger partial charge on any atom is 0.146 e. The van der Waals surface area contributed by atoms with Crippen LogP contribution in [0.4, 0.5) is 0 Å². The molecule has 0 spiro atoms. The Kier molecular flexibility index (Phi) is 4.62. The van der Waals surface area contributed by atoms with E-state index in [1.165, 1.54) is 16.7 Å². The normalized spacial score (nSPS) is 21.7. The first-order valence-electron chi connectivity index (χ1n) is 8.89. The molecule has 0 amide bonds. The van der Waals surface area contributed by atoms with Crippen molar-refractivity contribution in [1.29, 1.82) is 0 Å². The Morgan fingerprint density at radius 1 is 1.08 bits per heavy atom. The van der Waals surface area contributed by atoms with Gasteiger partial charge in [-0.2, -0.15) is 0 Å². The van der Waals surface area contributed by atoms with Gasteiger partial charge in [-0.3, -0.25) is 9.59 Å². The topological polar surface area (TPSA) is 43.4 Å². The third-order valence-electron chi connectivity index (χ3n) is 5.65. The summed E-state index contributed by atoms with van der Waals surface area (Å²) < 4.78 is 5.44. The van der Waals surface area contributed by atoms with E-state index in [0.717, 1.165) is 30.6 Å². The molecular formula is C21H26O3. The minimum absolute atomic E-state index is 0.109. The highest BCUT2D eigenvalue weighted by Crippen LogP contribution is 2.38. The summed E-state index contributed by atoms with van der Waals surface area (Å²) in [5.41, 5.74) is 4.15. The van der Waals surface area contributed by atoms with Crippen LogP contribution in [0.1, 0.15) is 62.1 Å². The van der Waals surface area contributed by atoms with Gasteiger partial charge in [0.05, 0.1) is 12.5 Å². The number of ether oxygens (including phenoxy) is 1. The molecule has 3 nitrogen and oxygen atoms in total. The fourth-order valence-corrected chi connectivity index (χ4v) is 3.94. The van der Waals surface area contributed by atoms with Crippen molar-refractivity contribution in [2.75, 3.05) is 7.11 Å². The molecule has 0 aliphatic heterocycles. The largest absolute Gasteiger partial charge is 0.496 e. The SMILES string of the molecule is COc1cc2c(cc1C)C(=CCC1(C)C(=O)CCCC1=O)CCC2. The smallest absolute Gasteiger partial charge is 0.146 e. The summed E-state index contributed by atoms with van der Waals surface area (Å²) in [6.45, 7) is 3.89. The van der Waals surface area contributed by atoms with Gasteiger partial charge in [0.2, 0.25) is 0 Å². The Morgan fingerprint density at radius 2 is 1.75 bits per heavy atom. The molecule has 24 heavy (non-hydrogen) atoms. The fourth-order valence-electron chi connectivity index (χ4n) is 3.94. The Bertz CT molecular complexity index is 696. The van der Waals surface area contributed by atoms with Gasteiger partial charge in [0.15, 0.2) is 0 Å². The highest BCUT2D eigenvalue weighted by Gasteiger charge is 2.41. The number of ketones is 2. The van der Waals surface area contributed by atoms with E-state index in [-0.39, 0.29) is 11.6 Å². The number of benzene rings is 1. The quantitative estimate of drug-likeness (QED) is 0.771. The van der Waals surface area contributed by atoms with Crippen LogP contribution in [0.15, 0.2) is 18.2 Å². The number of rotatable bonds is 3. The van der Waals surface area contributed by atoms with Crippen molar-refractivity contribution in [3.05, 3.63) is 34.9 Å². The minimum atomic E-state index is -0.815. The van der Waals surface area contributed by atoms with Crippen LogP contribution >= 0.6 is 0 Å². The Balaban J connectivity index is 1.91. The number of fused-ring (bicyclic) bond motifs is 1. The van der Waals surface area contributed by atoms with Gasteiger partial charge in [0.1, 0.15) is 17.3 Å². The maximum atomic E-state index is 12.3. The van der Waals surface area contributed by atoms with Crippen molar-refractivity contribution in [3.8, 4) is 5.75 Å². The van der Waals surface area contributed by atoms with E-state index < -0.39 is 5.41 Å². The Labute approximate surface area is 144 Å². The number of hydrogen-bond donors (Lipinski definition) is 0. The van der Waals surface area contributed by atoms with Crippen LogP contribution in [0, 0.1) is 12.3 Å². The molecule has 3 heteroatoms. The standard InChI is InChI=1S/C21H26O3/c1-14-12-17-15(6-4-7-16(17)13-18(14)24-3)10-11-21(2)19(22)8-5-9-20(21)23/h10,12-13H,4-9,11H2,1-3H3. The Morgan fingerprint density at radius 3 is 2.42 bits per heavy atom. The van der Waals surface area contributed by atoms with Gasteiger partial charge in [-0.05, 0) is 80.3 Å². The van der Waals surface area contributed by atoms with E-state index in [4.69, 9.17) is 4.74 Å².